The van der Waals surface area contributed by atoms with Crippen molar-refractivity contribution in [2.75, 3.05) is 11.9 Å². The third-order valence-corrected chi connectivity index (χ3v) is 5.29. The lowest BCUT2D eigenvalue weighted by molar-refractivity contribution is 0.0728. The van der Waals surface area contributed by atoms with Crippen molar-refractivity contribution < 1.29 is 28.3 Å². The predicted molar refractivity (Wildman–Crippen MR) is 142 cm³/mol. The van der Waals surface area contributed by atoms with E-state index in [1.165, 1.54) is 12.5 Å². The van der Waals surface area contributed by atoms with Gasteiger partial charge in [0.1, 0.15) is 0 Å². The number of aryl methyl sites for hydroxylation is 1. The molecule has 4 aromatic rings. The van der Waals surface area contributed by atoms with Crippen molar-refractivity contribution in [2.24, 2.45) is 5.10 Å². The fourth-order valence-corrected chi connectivity index (χ4v) is 3.34. The minimum atomic E-state index is -0.494. The number of rotatable bonds is 9. The Kier molecular flexibility index (Phi) is 8.30. The highest BCUT2D eigenvalue weighted by atomic mass is 16.6. The maximum absolute atomic E-state index is 12.5. The second-order valence-electron chi connectivity index (χ2n) is 8.10. The van der Waals surface area contributed by atoms with Crippen LogP contribution in [0.4, 0.5) is 5.69 Å². The molecular formula is C29H25N3O6. The third-order valence-electron chi connectivity index (χ3n) is 5.29. The molecular weight excluding hydrogens is 486 g/mol. The van der Waals surface area contributed by atoms with Crippen LogP contribution >= 0.6 is 0 Å². The molecule has 3 aromatic carbocycles. The average Bonchev–Trinajstić information content (AvgIpc) is 3.46. The van der Waals surface area contributed by atoms with Crippen LogP contribution in [0.1, 0.15) is 49.3 Å². The van der Waals surface area contributed by atoms with Gasteiger partial charge in [0.25, 0.3) is 11.8 Å². The molecule has 0 bridgehead atoms. The fraction of sp³-hybridized carbons (Fsp3) is 0.103. The van der Waals surface area contributed by atoms with Crippen molar-refractivity contribution in [3.05, 3.63) is 113 Å². The van der Waals surface area contributed by atoms with Crippen molar-refractivity contribution in [1.29, 1.82) is 0 Å². The van der Waals surface area contributed by atoms with Gasteiger partial charge in [0, 0.05) is 11.3 Å². The Morgan fingerprint density at radius 2 is 1.63 bits per heavy atom. The number of nitrogens with zero attached hydrogens (tertiary/aromatic N) is 1. The highest BCUT2D eigenvalue weighted by Crippen LogP contribution is 2.29. The number of hydrazone groups is 1. The molecule has 0 unspecified atom stereocenters. The van der Waals surface area contributed by atoms with E-state index < -0.39 is 11.9 Å². The summed E-state index contributed by atoms with van der Waals surface area (Å²) in [6.45, 7) is 4.12. The SMILES string of the molecule is CCOc1cc(/C=N\NC(=O)c2ccc(NC(=O)c3ccco3)cc2)ccc1OC(=O)c1ccc(C)cc1. The maximum atomic E-state index is 12.5. The summed E-state index contributed by atoms with van der Waals surface area (Å²) in [5, 5.41) is 6.68. The molecule has 0 aliphatic rings. The topological polar surface area (TPSA) is 119 Å². The first-order valence-electron chi connectivity index (χ1n) is 11.8. The zero-order chi connectivity index (χ0) is 26.9. The maximum Gasteiger partial charge on any atom is 0.343 e. The van der Waals surface area contributed by atoms with E-state index in [2.05, 4.69) is 15.8 Å². The number of benzene rings is 3. The van der Waals surface area contributed by atoms with Crippen molar-refractivity contribution in [1.82, 2.24) is 5.43 Å². The number of hydrogen-bond donors (Lipinski definition) is 2. The summed E-state index contributed by atoms with van der Waals surface area (Å²) < 4.78 is 16.2. The van der Waals surface area contributed by atoms with E-state index in [0.29, 0.717) is 34.7 Å². The smallest absolute Gasteiger partial charge is 0.343 e. The van der Waals surface area contributed by atoms with Crippen LogP contribution in [0, 0.1) is 6.92 Å². The van der Waals surface area contributed by atoms with Gasteiger partial charge in [-0.2, -0.15) is 5.10 Å². The predicted octanol–water partition coefficient (Wildman–Crippen LogP) is 5.22. The van der Waals surface area contributed by atoms with E-state index in [4.69, 9.17) is 13.9 Å². The summed E-state index contributed by atoms with van der Waals surface area (Å²) in [6.07, 6.45) is 2.86. The van der Waals surface area contributed by atoms with E-state index in [-0.39, 0.29) is 17.4 Å². The number of amides is 2. The first-order chi connectivity index (χ1) is 18.4. The monoisotopic (exact) mass is 511 g/mol. The van der Waals surface area contributed by atoms with Crippen LogP contribution in [0.5, 0.6) is 11.5 Å². The van der Waals surface area contributed by atoms with E-state index in [1.54, 1.807) is 66.7 Å². The van der Waals surface area contributed by atoms with Crippen LogP contribution in [-0.2, 0) is 0 Å². The van der Waals surface area contributed by atoms with Crippen LogP contribution in [0.3, 0.4) is 0 Å². The molecule has 2 N–H and O–H groups in total. The largest absolute Gasteiger partial charge is 0.490 e. The molecule has 9 heteroatoms. The minimum Gasteiger partial charge on any atom is -0.490 e. The van der Waals surface area contributed by atoms with Gasteiger partial charge in [-0.25, -0.2) is 10.2 Å². The summed E-state index contributed by atoms with van der Waals surface area (Å²) >= 11 is 0. The second-order valence-corrected chi connectivity index (χ2v) is 8.10. The number of carbonyl (C=O) groups is 3. The molecule has 0 spiro atoms. The third kappa shape index (κ3) is 6.73. The lowest BCUT2D eigenvalue weighted by atomic mass is 10.1. The van der Waals surface area contributed by atoms with E-state index >= 15 is 0 Å². The quantitative estimate of drug-likeness (QED) is 0.138. The lowest BCUT2D eigenvalue weighted by Gasteiger charge is -2.11. The molecule has 192 valence electrons. The van der Waals surface area contributed by atoms with Crippen LogP contribution < -0.4 is 20.2 Å². The van der Waals surface area contributed by atoms with Gasteiger partial charge in [0.2, 0.25) is 0 Å². The van der Waals surface area contributed by atoms with Crippen molar-refractivity contribution >= 4 is 29.7 Å². The first kappa shape index (κ1) is 25.9. The molecule has 9 nitrogen and oxygen atoms in total. The van der Waals surface area contributed by atoms with Gasteiger partial charge < -0.3 is 19.2 Å². The standard InChI is InChI=1S/C29H25N3O6/c1-3-36-26-17-20(8-15-24(26)38-29(35)22-9-6-19(2)7-10-22)18-30-32-27(33)21-11-13-23(14-12-21)31-28(34)25-5-4-16-37-25/h4-18H,3H2,1-2H3,(H,31,34)(H,32,33)/b30-18-. The van der Waals surface area contributed by atoms with Gasteiger partial charge >= 0.3 is 5.97 Å². The summed E-state index contributed by atoms with van der Waals surface area (Å²) in [7, 11) is 0. The Morgan fingerprint density at radius 1 is 0.895 bits per heavy atom. The molecule has 0 fully saturated rings. The molecule has 1 aromatic heterocycles. The number of nitrogens with one attached hydrogen (secondary N) is 2. The van der Waals surface area contributed by atoms with Gasteiger partial charge in [0.15, 0.2) is 17.3 Å². The lowest BCUT2D eigenvalue weighted by Crippen LogP contribution is -2.17. The fourth-order valence-electron chi connectivity index (χ4n) is 3.34. The van der Waals surface area contributed by atoms with Crippen LogP contribution in [0.2, 0.25) is 0 Å². The van der Waals surface area contributed by atoms with Gasteiger partial charge in [-0.3, -0.25) is 9.59 Å². The molecule has 0 saturated heterocycles. The summed E-state index contributed by atoms with van der Waals surface area (Å²) in [5.74, 6) is -0.483. The Balaban J connectivity index is 1.36. The average molecular weight is 512 g/mol. The number of esters is 1. The number of furan rings is 1. The van der Waals surface area contributed by atoms with E-state index in [1.807, 2.05) is 26.0 Å². The van der Waals surface area contributed by atoms with Crippen LogP contribution in [0.25, 0.3) is 0 Å². The molecule has 0 radical (unpaired) electrons. The van der Waals surface area contributed by atoms with Crippen LogP contribution in [0.15, 0.2) is 94.6 Å². The number of hydrogen-bond acceptors (Lipinski definition) is 7. The highest BCUT2D eigenvalue weighted by Gasteiger charge is 2.14. The number of carbonyl (C=O) groups excluding carboxylic acids is 3. The van der Waals surface area contributed by atoms with Crippen molar-refractivity contribution in [3.8, 4) is 11.5 Å². The Hall–Kier alpha value is -5.18. The van der Waals surface area contributed by atoms with Gasteiger partial charge in [-0.15, -0.1) is 0 Å². The van der Waals surface area contributed by atoms with Crippen molar-refractivity contribution in [3.63, 3.8) is 0 Å². The zero-order valence-electron chi connectivity index (χ0n) is 20.8. The molecule has 4 rings (SSSR count). The number of ether oxygens (including phenoxy) is 2. The van der Waals surface area contributed by atoms with Gasteiger partial charge in [-0.1, -0.05) is 17.7 Å². The minimum absolute atomic E-state index is 0.186. The van der Waals surface area contributed by atoms with Crippen LogP contribution in [-0.4, -0.2) is 30.6 Å². The second kappa shape index (κ2) is 12.2. The zero-order valence-corrected chi connectivity index (χ0v) is 20.8. The molecule has 0 aliphatic carbocycles. The molecule has 2 amide bonds. The Morgan fingerprint density at radius 3 is 2.32 bits per heavy atom. The Bertz CT molecular complexity index is 1440. The van der Waals surface area contributed by atoms with E-state index in [9.17, 15) is 14.4 Å². The molecule has 0 atom stereocenters. The Labute approximate surface area is 219 Å². The normalized spacial score (nSPS) is 10.7. The molecule has 1 heterocycles. The summed E-state index contributed by atoms with van der Waals surface area (Å²) in [4.78, 5) is 37.0. The van der Waals surface area contributed by atoms with E-state index in [0.717, 1.165) is 5.56 Å². The summed E-state index contributed by atoms with van der Waals surface area (Å²) in [6, 6.07) is 21.5. The van der Waals surface area contributed by atoms with Gasteiger partial charge in [-0.05, 0) is 86.1 Å². The van der Waals surface area contributed by atoms with Gasteiger partial charge in [0.05, 0.1) is 24.6 Å². The first-order valence-corrected chi connectivity index (χ1v) is 11.8. The summed E-state index contributed by atoms with van der Waals surface area (Å²) in [5.41, 5.74) is 5.42. The highest BCUT2D eigenvalue weighted by molar-refractivity contribution is 6.02. The molecule has 38 heavy (non-hydrogen) atoms. The van der Waals surface area contributed by atoms with Crippen molar-refractivity contribution in [2.45, 2.75) is 13.8 Å². The molecule has 0 saturated carbocycles. The number of anilines is 1. The molecule has 0 aliphatic heterocycles.